The van der Waals surface area contributed by atoms with E-state index in [1.54, 1.807) is 0 Å². The topological polar surface area (TPSA) is 63.6 Å². The summed E-state index contributed by atoms with van der Waals surface area (Å²) in [6.07, 6.45) is 5.66. The third-order valence-corrected chi connectivity index (χ3v) is 7.10. The van der Waals surface area contributed by atoms with Crippen molar-refractivity contribution < 1.29 is 19.4 Å². The molecule has 3 aliphatic rings. The number of rotatable bonds is 6. The number of esters is 1. The summed E-state index contributed by atoms with van der Waals surface area (Å²) in [5.41, 5.74) is 0. The van der Waals surface area contributed by atoms with Gasteiger partial charge >= 0.3 is 11.9 Å². The second kappa shape index (κ2) is 6.45. The molecule has 3 rings (SSSR count). The van der Waals surface area contributed by atoms with Gasteiger partial charge in [0.25, 0.3) is 0 Å². The van der Waals surface area contributed by atoms with Crippen molar-refractivity contribution in [3.8, 4) is 0 Å². The van der Waals surface area contributed by atoms with Crippen molar-refractivity contribution >= 4 is 11.9 Å². The van der Waals surface area contributed by atoms with Crippen LogP contribution in [-0.2, 0) is 14.3 Å². The van der Waals surface area contributed by atoms with Gasteiger partial charge in [0.1, 0.15) is 6.10 Å². The molecule has 1 N–H and O–H groups in total. The Bertz CT molecular complexity index is 458. The monoisotopic (exact) mass is 322 g/mol. The zero-order chi connectivity index (χ0) is 16.7. The molecule has 130 valence electrons. The molecule has 0 aromatic rings. The zero-order valence-electron chi connectivity index (χ0n) is 14.5. The van der Waals surface area contributed by atoms with Crippen LogP contribution < -0.4 is 0 Å². The fraction of sp³-hybridized carbons (Fsp3) is 0.895. The first-order chi connectivity index (χ1) is 11.0. The maximum absolute atomic E-state index is 11.4. The first kappa shape index (κ1) is 16.8. The standard InChI is InChI=1S/C19H30O4/c1-4-11-6-12(5-2)19-15-8-13(18(11)19)7-14(15)16(9-17(21)22)23-10(3)20/h11-16,18-19H,4-9H2,1-3H3,(H,21,22). The van der Waals surface area contributed by atoms with Crippen LogP contribution in [0.4, 0.5) is 0 Å². The smallest absolute Gasteiger partial charge is 0.307 e. The molecule has 3 aliphatic carbocycles. The first-order valence-electron chi connectivity index (χ1n) is 9.35. The highest BCUT2D eigenvalue weighted by Crippen LogP contribution is 2.66. The highest BCUT2D eigenvalue weighted by molar-refractivity contribution is 5.69. The van der Waals surface area contributed by atoms with Crippen molar-refractivity contribution in [2.75, 3.05) is 0 Å². The number of carbonyl (C=O) groups is 2. The maximum Gasteiger partial charge on any atom is 0.307 e. The Balaban J connectivity index is 1.79. The lowest BCUT2D eigenvalue weighted by molar-refractivity contribution is -0.156. The van der Waals surface area contributed by atoms with E-state index in [1.165, 1.54) is 32.6 Å². The van der Waals surface area contributed by atoms with E-state index in [4.69, 9.17) is 4.74 Å². The van der Waals surface area contributed by atoms with Gasteiger partial charge in [0.05, 0.1) is 6.42 Å². The van der Waals surface area contributed by atoms with E-state index in [9.17, 15) is 14.7 Å². The minimum Gasteiger partial charge on any atom is -0.481 e. The predicted molar refractivity (Wildman–Crippen MR) is 86.7 cm³/mol. The van der Waals surface area contributed by atoms with E-state index in [1.807, 2.05) is 0 Å². The van der Waals surface area contributed by atoms with Crippen LogP contribution in [0.15, 0.2) is 0 Å². The molecule has 4 heteroatoms. The predicted octanol–water partition coefficient (Wildman–Crippen LogP) is 3.74. The molecule has 3 saturated carbocycles. The number of carboxylic acids is 1. The highest BCUT2D eigenvalue weighted by atomic mass is 16.5. The van der Waals surface area contributed by atoms with Crippen molar-refractivity contribution in [3.63, 3.8) is 0 Å². The molecule has 0 amide bonds. The number of hydrogen-bond donors (Lipinski definition) is 1. The Kier molecular flexibility index (Phi) is 4.70. The number of aliphatic carboxylic acids is 1. The molecule has 8 unspecified atom stereocenters. The molecule has 0 radical (unpaired) electrons. The van der Waals surface area contributed by atoms with Gasteiger partial charge in [-0.3, -0.25) is 9.59 Å². The molecule has 0 heterocycles. The number of carboxylic acid groups (broad SMARTS) is 1. The SMILES string of the molecule is CCC1CC(CC)C2C3CC(CC3C(CC(=O)O)OC(C)=O)C12. The van der Waals surface area contributed by atoms with Crippen molar-refractivity contribution in [1.82, 2.24) is 0 Å². The van der Waals surface area contributed by atoms with Crippen LogP contribution in [0, 0.1) is 41.4 Å². The van der Waals surface area contributed by atoms with Crippen molar-refractivity contribution in [3.05, 3.63) is 0 Å². The van der Waals surface area contributed by atoms with E-state index in [2.05, 4.69) is 13.8 Å². The maximum atomic E-state index is 11.4. The normalized spacial score (nSPS) is 42.5. The lowest BCUT2D eigenvalue weighted by Gasteiger charge is -2.38. The van der Waals surface area contributed by atoms with Gasteiger partial charge < -0.3 is 9.84 Å². The summed E-state index contributed by atoms with van der Waals surface area (Å²) in [6.45, 7) is 6.00. The largest absolute Gasteiger partial charge is 0.481 e. The Morgan fingerprint density at radius 3 is 2.30 bits per heavy atom. The van der Waals surface area contributed by atoms with Crippen molar-refractivity contribution in [2.24, 2.45) is 41.4 Å². The second-order valence-corrected chi connectivity index (χ2v) is 8.03. The van der Waals surface area contributed by atoms with E-state index in [0.717, 1.165) is 36.0 Å². The van der Waals surface area contributed by atoms with Gasteiger partial charge in [0.2, 0.25) is 0 Å². The van der Waals surface area contributed by atoms with E-state index in [-0.39, 0.29) is 18.3 Å². The average Bonchev–Trinajstić information content (AvgIpc) is 3.15. The molecule has 0 aromatic heterocycles. The Labute approximate surface area is 139 Å². The number of ether oxygens (including phenoxy) is 1. The van der Waals surface area contributed by atoms with Crippen LogP contribution in [0.25, 0.3) is 0 Å². The highest BCUT2D eigenvalue weighted by Gasteiger charge is 2.61. The Morgan fingerprint density at radius 1 is 1.09 bits per heavy atom. The van der Waals surface area contributed by atoms with Gasteiger partial charge in [0, 0.05) is 6.92 Å². The van der Waals surface area contributed by atoms with Gasteiger partial charge in [-0.1, -0.05) is 26.7 Å². The van der Waals surface area contributed by atoms with Crippen LogP contribution >= 0.6 is 0 Å². The van der Waals surface area contributed by atoms with Gasteiger partial charge in [-0.25, -0.2) is 0 Å². The Hall–Kier alpha value is -1.06. The summed E-state index contributed by atoms with van der Waals surface area (Å²) in [5, 5.41) is 9.20. The van der Waals surface area contributed by atoms with E-state index < -0.39 is 12.1 Å². The lowest BCUT2D eigenvalue weighted by atomic mass is 9.69. The van der Waals surface area contributed by atoms with Crippen LogP contribution in [0.1, 0.15) is 59.3 Å². The number of fused-ring (bicyclic) bond motifs is 5. The minimum atomic E-state index is -0.861. The third-order valence-electron chi connectivity index (χ3n) is 7.10. The van der Waals surface area contributed by atoms with Crippen molar-refractivity contribution in [2.45, 2.75) is 65.4 Å². The quantitative estimate of drug-likeness (QED) is 0.757. The molecular weight excluding hydrogens is 292 g/mol. The van der Waals surface area contributed by atoms with Crippen LogP contribution in [0.5, 0.6) is 0 Å². The van der Waals surface area contributed by atoms with E-state index in [0.29, 0.717) is 5.92 Å². The zero-order valence-corrected chi connectivity index (χ0v) is 14.5. The van der Waals surface area contributed by atoms with Crippen LogP contribution in [0.3, 0.4) is 0 Å². The second-order valence-electron chi connectivity index (χ2n) is 8.03. The summed E-state index contributed by atoms with van der Waals surface area (Å²) in [5.74, 6) is 3.55. The fourth-order valence-electron chi connectivity index (χ4n) is 6.54. The molecule has 4 nitrogen and oxygen atoms in total. The summed E-state index contributed by atoms with van der Waals surface area (Å²) < 4.78 is 5.45. The molecule has 23 heavy (non-hydrogen) atoms. The minimum absolute atomic E-state index is 0.0428. The first-order valence-corrected chi connectivity index (χ1v) is 9.35. The summed E-state index contributed by atoms with van der Waals surface area (Å²) in [7, 11) is 0. The molecule has 0 saturated heterocycles. The summed E-state index contributed by atoms with van der Waals surface area (Å²) in [6, 6.07) is 0. The van der Waals surface area contributed by atoms with Gasteiger partial charge in [-0.15, -0.1) is 0 Å². The van der Waals surface area contributed by atoms with Gasteiger partial charge in [-0.2, -0.15) is 0 Å². The molecule has 8 atom stereocenters. The average molecular weight is 322 g/mol. The number of carbonyl (C=O) groups excluding carboxylic acids is 1. The van der Waals surface area contributed by atoms with Gasteiger partial charge in [0.15, 0.2) is 0 Å². The molecule has 3 fully saturated rings. The van der Waals surface area contributed by atoms with Crippen molar-refractivity contribution in [1.29, 1.82) is 0 Å². The summed E-state index contributed by atoms with van der Waals surface area (Å²) in [4.78, 5) is 22.6. The van der Waals surface area contributed by atoms with Crippen LogP contribution in [0.2, 0.25) is 0 Å². The molecule has 0 aliphatic heterocycles. The molecule has 0 aromatic carbocycles. The van der Waals surface area contributed by atoms with Gasteiger partial charge in [-0.05, 0) is 60.7 Å². The summed E-state index contributed by atoms with van der Waals surface area (Å²) >= 11 is 0. The molecule has 2 bridgehead atoms. The lowest BCUT2D eigenvalue weighted by Crippen LogP contribution is -2.38. The Morgan fingerprint density at radius 2 is 1.74 bits per heavy atom. The molecular formula is C19H30O4. The van der Waals surface area contributed by atoms with Crippen LogP contribution in [-0.4, -0.2) is 23.1 Å². The third kappa shape index (κ3) is 2.89. The van der Waals surface area contributed by atoms with E-state index >= 15 is 0 Å². The molecule has 0 spiro atoms. The fourth-order valence-corrected chi connectivity index (χ4v) is 6.54. The number of hydrogen-bond acceptors (Lipinski definition) is 3.